The standard InChI is InChI=1S/C13H20Br2O3SSi/c1-13(2,3)20(4,5)17-7-8-6-16-9-10(18-8)12(15)19-11(9)14/h8H,6-7H2,1-5H3. The normalized spacial score (nSPS) is 19.2. The second kappa shape index (κ2) is 5.91. The number of halogens is 2. The van der Waals surface area contributed by atoms with Gasteiger partial charge in [-0.15, -0.1) is 11.3 Å². The fourth-order valence-corrected chi connectivity index (χ4v) is 5.41. The smallest absolute Gasteiger partial charge is 0.192 e. The largest absolute Gasteiger partial charge is 0.484 e. The summed E-state index contributed by atoms with van der Waals surface area (Å²) in [4.78, 5) is 0. The molecule has 3 nitrogen and oxygen atoms in total. The van der Waals surface area contributed by atoms with Gasteiger partial charge in [0, 0.05) is 0 Å². The topological polar surface area (TPSA) is 27.7 Å². The van der Waals surface area contributed by atoms with Crippen molar-refractivity contribution >= 4 is 51.5 Å². The molecule has 1 aromatic heterocycles. The Kier molecular flexibility index (Phi) is 4.96. The lowest BCUT2D eigenvalue weighted by Gasteiger charge is -2.37. The van der Waals surface area contributed by atoms with E-state index >= 15 is 0 Å². The maximum Gasteiger partial charge on any atom is 0.192 e. The average molecular weight is 444 g/mol. The molecule has 0 fully saturated rings. The number of fused-ring (bicyclic) bond motifs is 1. The average Bonchev–Trinajstić information content (AvgIpc) is 2.61. The summed E-state index contributed by atoms with van der Waals surface area (Å²) in [5, 5.41) is 0.208. The zero-order chi connectivity index (χ0) is 15.1. The SMILES string of the molecule is CC(C)(C)[Si](C)(C)OCC1COc2c(Br)sc(Br)c2O1. The number of hydrogen-bond donors (Lipinski definition) is 0. The zero-order valence-corrected chi connectivity index (χ0v) is 17.4. The van der Waals surface area contributed by atoms with Gasteiger partial charge in [-0.25, -0.2) is 0 Å². The van der Waals surface area contributed by atoms with Crippen molar-refractivity contribution in [2.45, 2.75) is 45.0 Å². The van der Waals surface area contributed by atoms with E-state index in [4.69, 9.17) is 13.9 Å². The zero-order valence-electron chi connectivity index (χ0n) is 12.4. The van der Waals surface area contributed by atoms with Gasteiger partial charge in [0.25, 0.3) is 0 Å². The van der Waals surface area contributed by atoms with E-state index in [2.05, 4.69) is 65.7 Å². The van der Waals surface area contributed by atoms with Crippen LogP contribution in [0.3, 0.4) is 0 Å². The Bertz CT molecular complexity index is 497. The van der Waals surface area contributed by atoms with E-state index < -0.39 is 8.32 Å². The highest BCUT2D eigenvalue weighted by Gasteiger charge is 2.38. The van der Waals surface area contributed by atoms with Crippen LogP contribution >= 0.6 is 43.2 Å². The van der Waals surface area contributed by atoms with Gasteiger partial charge in [0.15, 0.2) is 25.9 Å². The van der Waals surface area contributed by atoms with Gasteiger partial charge >= 0.3 is 0 Å². The van der Waals surface area contributed by atoms with Crippen LogP contribution in [-0.2, 0) is 4.43 Å². The number of ether oxygens (including phenoxy) is 2. The minimum Gasteiger partial charge on any atom is -0.484 e. The molecule has 0 aliphatic carbocycles. The number of thiophene rings is 1. The van der Waals surface area contributed by atoms with Gasteiger partial charge in [-0.2, -0.15) is 0 Å². The molecule has 1 aromatic rings. The molecule has 20 heavy (non-hydrogen) atoms. The van der Waals surface area contributed by atoms with Crippen molar-refractivity contribution < 1.29 is 13.9 Å². The van der Waals surface area contributed by atoms with Crippen LogP contribution in [-0.4, -0.2) is 27.6 Å². The third-order valence-electron chi connectivity index (χ3n) is 3.88. The molecule has 0 amide bonds. The van der Waals surface area contributed by atoms with Crippen molar-refractivity contribution in [1.29, 1.82) is 0 Å². The molecule has 0 aromatic carbocycles. The molecule has 114 valence electrons. The highest BCUT2D eigenvalue weighted by atomic mass is 79.9. The molecule has 0 spiro atoms. The Morgan fingerprint density at radius 1 is 1.25 bits per heavy atom. The molecule has 1 unspecified atom stereocenters. The van der Waals surface area contributed by atoms with Crippen molar-refractivity contribution in [2.75, 3.05) is 13.2 Å². The molecule has 0 saturated carbocycles. The Labute approximate surface area is 142 Å². The van der Waals surface area contributed by atoms with Crippen LogP contribution in [0, 0.1) is 0 Å². The van der Waals surface area contributed by atoms with E-state index in [9.17, 15) is 0 Å². The predicted octanol–water partition coefficient (Wildman–Crippen LogP) is 5.43. The van der Waals surface area contributed by atoms with Crippen molar-refractivity contribution in [3.63, 3.8) is 0 Å². The summed E-state index contributed by atoms with van der Waals surface area (Å²) in [5.41, 5.74) is 0. The summed E-state index contributed by atoms with van der Waals surface area (Å²) in [5.74, 6) is 1.59. The molecule has 2 heterocycles. The lowest BCUT2D eigenvalue weighted by atomic mass is 10.2. The van der Waals surface area contributed by atoms with Crippen LogP contribution in [0.25, 0.3) is 0 Å². The third kappa shape index (κ3) is 3.43. The summed E-state index contributed by atoms with van der Waals surface area (Å²) >= 11 is 8.55. The van der Waals surface area contributed by atoms with E-state index in [0.29, 0.717) is 13.2 Å². The molecule has 0 bridgehead atoms. The molecular weight excluding hydrogens is 424 g/mol. The molecule has 0 radical (unpaired) electrons. The van der Waals surface area contributed by atoms with Gasteiger partial charge in [-0.1, -0.05) is 20.8 Å². The Hall–Kier alpha value is 0.437. The summed E-state index contributed by atoms with van der Waals surface area (Å²) in [6, 6.07) is 0. The van der Waals surface area contributed by atoms with Gasteiger partial charge in [-0.05, 0) is 50.0 Å². The minimum atomic E-state index is -1.74. The molecule has 1 aliphatic rings. The summed E-state index contributed by atoms with van der Waals surface area (Å²) in [7, 11) is -1.74. The molecule has 1 atom stereocenters. The third-order valence-corrected chi connectivity index (χ3v) is 10.8. The van der Waals surface area contributed by atoms with Crippen LogP contribution in [0.15, 0.2) is 7.57 Å². The Morgan fingerprint density at radius 3 is 2.45 bits per heavy atom. The predicted molar refractivity (Wildman–Crippen MR) is 92.8 cm³/mol. The molecule has 2 rings (SSSR count). The van der Waals surface area contributed by atoms with E-state index in [1.54, 1.807) is 11.3 Å². The van der Waals surface area contributed by atoms with Gasteiger partial charge < -0.3 is 13.9 Å². The molecule has 7 heteroatoms. The van der Waals surface area contributed by atoms with E-state index in [-0.39, 0.29) is 11.1 Å². The monoisotopic (exact) mass is 442 g/mol. The minimum absolute atomic E-state index is 0.0468. The molecule has 0 saturated heterocycles. The lowest BCUT2D eigenvalue weighted by molar-refractivity contribution is 0.0491. The van der Waals surface area contributed by atoms with Crippen LogP contribution in [0.4, 0.5) is 0 Å². The van der Waals surface area contributed by atoms with Crippen LogP contribution in [0.2, 0.25) is 18.1 Å². The lowest BCUT2D eigenvalue weighted by Crippen LogP contribution is -2.45. The van der Waals surface area contributed by atoms with E-state index in [1.807, 2.05) is 0 Å². The second-order valence-electron chi connectivity index (χ2n) is 6.43. The Balaban J connectivity index is 1.99. The summed E-state index contributed by atoms with van der Waals surface area (Å²) < 4.78 is 19.9. The molecular formula is C13H20Br2O3SSi. The number of rotatable bonds is 3. The van der Waals surface area contributed by atoms with Crippen molar-refractivity contribution in [3.8, 4) is 11.5 Å². The maximum atomic E-state index is 6.21. The van der Waals surface area contributed by atoms with Crippen LogP contribution < -0.4 is 9.47 Å². The summed E-state index contributed by atoms with van der Waals surface area (Å²) in [6.07, 6.45) is -0.0468. The first kappa shape index (κ1) is 16.8. The highest BCUT2D eigenvalue weighted by Crippen LogP contribution is 2.50. The molecule has 1 aliphatic heterocycles. The fourth-order valence-electron chi connectivity index (χ4n) is 1.55. The first-order valence-electron chi connectivity index (χ1n) is 6.53. The van der Waals surface area contributed by atoms with Crippen molar-refractivity contribution in [1.82, 2.24) is 0 Å². The first-order chi connectivity index (χ1) is 9.12. The maximum absolute atomic E-state index is 6.21. The number of hydrogen-bond acceptors (Lipinski definition) is 4. The fraction of sp³-hybridized carbons (Fsp3) is 0.692. The van der Waals surface area contributed by atoms with Gasteiger partial charge in [0.1, 0.15) is 14.2 Å². The second-order valence-corrected chi connectivity index (χ2v) is 14.9. The summed E-state index contributed by atoms with van der Waals surface area (Å²) in [6.45, 7) is 12.3. The van der Waals surface area contributed by atoms with Crippen molar-refractivity contribution in [3.05, 3.63) is 7.57 Å². The van der Waals surface area contributed by atoms with E-state index in [1.165, 1.54) is 0 Å². The van der Waals surface area contributed by atoms with E-state index in [0.717, 1.165) is 19.1 Å². The first-order valence-corrected chi connectivity index (χ1v) is 11.8. The van der Waals surface area contributed by atoms with Crippen LogP contribution in [0.1, 0.15) is 20.8 Å². The van der Waals surface area contributed by atoms with Gasteiger partial charge in [0.05, 0.1) is 6.61 Å². The highest BCUT2D eigenvalue weighted by molar-refractivity contribution is 9.12. The molecule has 0 N–H and O–H groups in total. The van der Waals surface area contributed by atoms with Gasteiger partial charge in [-0.3, -0.25) is 0 Å². The van der Waals surface area contributed by atoms with Gasteiger partial charge in [0.2, 0.25) is 0 Å². The van der Waals surface area contributed by atoms with Crippen molar-refractivity contribution in [2.24, 2.45) is 0 Å². The van der Waals surface area contributed by atoms with Crippen LogP contribution in [0.5, 0.6) is 11.5 Å². The quantitative estimate of drug-likeness (QED) is 0.582. The Morgan fingerprint density at radius 2 is 1.85 bits per heavy atom.